The van der Waals surface area contributed by atoms with E-state index >= 15 is 0 Å². The lowest BCUT2D eigenvalue weighted by Crippen LogP contribution is -2.36. The predicted octanol–water partition coefficient (Wildman–Crippen LogP) is 2.24. The van der Waals surface area contributed by atoms with Crippen LogP contribution in [0.5, 0.6) is 11.5 Å². The Morgan fingerprint density at radius 2 is 1.83 bits per heavy atom. The zero-order valence-electron chi connectivity index (χ0n) is 9.71. The van der Waals surface area contributed by atoms with Gasteiger partial charge in [0.25, 0.3) is 0 Å². The van der Waals surface area contributed by atoms with Gasteiger partial charge in [-0.25, -0.2) is 0 Å². The van der Waals surface area contributed by atoms with Gasteiger partial charge in [-0.05, 0) is 18.2 Å². The number of nitrogen functional groups attached to an aromatic ring is 1. The Kier molecular flexibility index (Phi) is 2.82. The summed E-state index contributed by atoms with van der Waals surface area (Å²) in [6.07, 6.45) is 0. The van der Waals surface area contributed by atoms with Gasteiger partial charge in [0.05, 0.1) is 12.3 Å². The fraction of sp³-hybridized carbons (Fsp3) is 0.0769. The summed E-state index contributed by atoms with van der Waals surface area (Å²) < 4.78 is 16.6. The van der Waals surface area contributed by atoms with Gasteiger partial charge in [0.15, 0.2) is 0 Å². The van der Waals surface area contributed by atoms with E-state index in [1.807, 2.05) is 36.4 Å². The van der Waals surface area contributed by atoms with Gasteiger partial charge in [-0.2, -0.15) is 0 Å². The number of rotatable bonds is 2. The summed E-state index contributed by atoms with van der Waals surface area (Å²) in [7, 11) is -0.760. The smallest absolute Gasteiger partial charge is 0.501 e. The molecule has 1 heterocycles. The zero-order valence-corrected chi connectivity index (χ0v) is 9.71. The van der Waals surface area contributed by atoms with E-state index in [9.17, 15) is 0 Å². The zero-order chi connectivity index (χ0) is 12.4. The maximum absolute atomic E-state index is 5.80. The first-order valence-corrected chi connectivity index (χ1v) is 5.70. The number of nitrogens with two attached hydrogens (primary N) is 1. The summed E-state index contributed by atoms with van der Waals surface area (Å²) in [5.41, 5.74) is 7.37. The van der Waals surface area contributed by atoms with Gasteiger partial charge in [0.1, 0.15) is 11.5 Å². The van der Waals surface area contributed by atoms with Gasteiger partial charge in [-0.15, -0.1) is 0 Å². The van der Waals surface area contributed by atoms with Crippen molar-refractivity contribution in [3.05, 3.63) is 54.1 Å². The molecule has 0 fully saturated rings. The van der Waals surface area contributed by atoms with Crippen molar-refractivity contribution < 1.29 is 14.0 Å². The lowest BCUT2D eigenvalue weighted by molar-refractivity contribution is 0.170. The molecule has 0 saturated heterocycles. The van der Waals surface area contributed by atoms with Crippen LogP contribution in [0.1, 0.15) is 5.56 Å². The summed E-state index contributed by atoms with van der Waals surface area (Å²) >= 11 is 0. The van der Waals surface area contributed by atoms with Crippen LogP contribution in [0.15, 0.2) is 48.5 Å². The monoisotopic (exact) mass is 241 g/mol. The topological polar surface area (TPSA) is 53.7 Å². The minimum absolute atomic E-state index is 0.466. The van der Waals surface area contributed by atoms with Gasteiger partial charge in [-0.3, -0.25) is 0 Å². The molecule has 5 heteroatoms. The summed E-state index contributed by atoms with van der Waals surface area (Å²) in [5, 5.41) is 0. The Morgan fingerprint density at radius 3 is 2.72 bits per heavy atom. The van der Waals surface area contributed by atoms with Crippen LogP contribution in [0.2, 0.25) is 0 Å². The molecule has 0 aliphatic carbocycles. The fourth-order valence-corrected chi connectivity index (χ4v) is 1.78. The van der Waals surface area contributed by atoms with Gasteiger partial charge in [0.2, 0.25) is 0 Å². The molecule has 18 heavy (non-hydrogen) atoms. The quantitative estimate of drug-likeness (QED) is 0.647. The predicted molar refractivity (Wildman–Crippen MR) is 69.1 cm³/mol. The summed E-state index contributed by atoms with van der Waals surface area (Å²) in [6.45, 7) is 0.466. The lowest BCUT2D eigenvalue weighted by atomic mass is 10.1. The van der Waals surface area contributed by atoms with Crippen molar-refractivity contribution in [3.8, 4) is 11.5 Å². The molecule has 0 unspecified atom stereocenters. The number of anilines is 1. The molecule has 3 rings (SSSR count). The van der Waals surface area contributed by atoms with E-state index in [4.69, 9.17) is 19.7 Å². The molecule has 0 aromatic heterocycles. The highest BCUT2D eigenvalue weighted by molar-refractivity contribution is 6.39. The second-order valence-corrected chi connectivity index (χ2v) is 3.98. The number of benzene rings is 2. The Bertz CT molecular complexity index is 561. The maximum Gasteiger partial charge on any atom is 0.788 e. The van der Waals surface area contributed by atoms with Crippen molar-refractivity contribution in [2.45, 2.75) is 6.61 Å². The fourth-order valence-electron chi connectivity index (χ4n) is 1.78. The lowest BCUT2D eigenvalue weighted by Gasteiger charge is -2.22. The van der Waals surface area contributed by atoms with Gasteiger partial charge < -0.3 is 19.7 Å². The molecular formula is C13H12BNO3. The first-order chi connectivity index (χ1) is 8.83. The Balaban J connectivity index is 1.75. The molecule has 2 N–H and O–H groups in total. The molecule has 0 bridgehead atoms. The van der Waals surface area contributed by atoms with Gasteiger partial charge >= 0.3 is 7.32 Å². The van der Waals surface area contributed by atoms with Gasteiger partial charge in [0, 0.05) is 5.56 Å². The van der Waals surface area contributed by atoms with E-state index < -0.39 is 7.32 Å². The van der Waals surface area contributed by atoms with Crippen LogP contribution < -0.4 is 15.0 Å². The van der Waals surface area contributed by atoms with E-state index in [0.717, 1.165) is 11.3 Å². The first-order valence-electron chi connectivity index (χ1n) is 5.70. The molecule has 1 aliphatic rings. The molecule has 90 valence electrons. The molecule has 2 aromatic rings. The normalized spacial score (nSPS) is 13.7. The summed E-state index contributed by atoms with van der Waals surface area (Å²) in [4.78, 5) is 0. The minimum atomic E-state index is -0.760. The van der Waals surface area contributed by atoms with E-state index in [0.29, 0.717) is 18.0 Å². The number of para-hydroxylation sites is 3. The van der Waals surface area contributed by atoms with E-state index in [2.05, 4.69) is 0 Å². The van der Waals surface area contributed by atoms with E-state index in [1.165, 1.54) is 0 Å². The van der Waals surface area contributed by atoms with Crippen molar-refractivity contribution in [2.75, 3.05) is 5.73 Å². The molecule has 2 aromatic carbocycles. The number of hydrogen-bond donors (Lipinski definition) is 1. The molecule has 0 saturated carbocycles. The highest BCUT2D eigenvalue weighted by atomic mass is 16.7. The highest BCUT2D eigenvalue weighted by Gasteiger charge is 2.32. The van der Waals surface area contributed by atoms with Crippen molar-refractivity contribution in [1.82, 2.24) is 0 Å². The maximum atomic E-state index is 5.80. The average molecular weight is 241 g/mol. The molecule has 4 nitrogen and oxygen atoms in total. The third-order valence-electron chi connectivity index (χ3n) is 2.71. The Labute approximate surface area is 105 Å². The first kappa shape index (κ1) is 11.0. The SMILES string of the molecule is Nc1ccccc1OB1OCc2ccccc2O1. The van der Waals surface area contributed by atoms with Crippen molar-refractivity contribution in [3.63, 3.8) is 0 Å². The Morgan fingerprint density at radius 1 is 1.06 bits per heavy atom. The molecule has 0 radical (unpaired) electrons. The van der Waals surface area contributed by atoms with Crippen molar-refractivity contribution in [1.29, 1.82) is 0 Å². The van der Waals surface area contributed by atoms with Crippen LogP contribution in [0.25, 0.3) is 0 Å². The Hall–Kier alpha value is -2.14. The third kappa shape index (κ3) is 2.12. The van der Waals surface area contributed by atoms with Crippen LogP contribution in [0.4, 0.5) is 5.69 Å². The molecule has 0 amide bonds. The summed E-state index contributed by atoms with van der Waals surface area (Å²) in [5.74, 6) is 1.34. The molecule has 0 atom stereocenters. The molecule has 0 spiro atoms. The largest absolute Gasteiger partial charge is 0.788 e. The third-order valence-corrected chi connectivity index (χ3v) is 2.71. The van der Waals surface area contributed by atoms with Crippen LogP contribution in [0, 0.1) is 0 Å². The van der Waals surface area contributed by atoms with Crippen molar-refractivity contribution >= 4 is 13.0 Å². The average Bonchev–Trinajstić information content (AvgIpc) is 2.41. The van der Waals surface area contributed by atoms with Crippen LogP contribution in [-0.4, -0.2) is 7.32 Å². The number of fused-ring (bicyclic) bond motifs is 1. The van der Waals surface area contributed by atoms with E-state index in [-0.39, 0.29) is 0 Å². The number of hydrogen-bond acceptors (Lipinski definition) is 4. The second kappa shape index (κ2) is 4.62. The van der Waals surface area contributed by atoms with Gasteiger partial charge in [-0.1, -0.05) is 30.3 Å². The van der Waals surface area contributed by atoms with Crippen LogP contribution >= 0.6 is 0 Å². The van der Waals surface area contributed by atoms with Crippen molar-refractivity contribution in [2.24, 2.45) is 0 Å². The van der Waals surface area contributed by atoms with Crippen LogP contribution in [0.3, 0.4) is 0 Å². The highest BCUT2D eigenvalue weighted by Crippen LogP contribution is 2.27. The second-order valence-electron chi connectivity index (χ2n) is 3.98. The van der Waals surface area contributed by atoms with E-state index in [1.54, 1.807) is 12.1 Å². The standard InChI is InChI=1S/C13H12BNO3/c15-11-6-2-4-8-13(11)18-14-16-9-10-5-1-3-7-12(10)17-14/h1-8H,9,15H2. The molecule has 1 aliphatic heterocycles. The summed E-state index contributed by atoms with van der Waals surface area (Å²) in [6, 6.07) is 15.0. The molecular weight excluding hydrogens is 229 g/mol. The minimum Gasteiger partial charge on any atom is -0.501 e. The van der Waals surface area contributed by atoms with Crippen LogP contribution in [-0.2, 0) is 11.3 Å².